The third-order valence-corrected chi connectivity index (χ3v) is 2.98. The van der Waals surface area contributed by atoms with E-state index < -0.39 is 11.2 Å². The molecule has 0 aromatic carbocycles. The Morgan fingerprint density at radius 3 is 2.73 bits per heavy atom. The van der Waals surface area contributed by atoms with Crippen LogP contribution in [0.2, 0.25) is 0 Å². The van der Waals surface area contributed by atoms with E-state index >= 15 is 0 Å². The van der Waals surface area contributed by atoms with Crippen LogP contribution in [0, 0.1) is 0 Å². The van der Waals surface area contributed by atoms with Gasteiger partial charge in [0, 0.05) is 6.54 Å². The summed E-state index contributed by atoms with van der Waals surface area (Å²) < 4.78 is 41.8. The van der Waals surface area contributed by atoms with Gasteiger partial charge in [-0.05, 0) is 0 Å². The Balaban J connectivity index is 2.12. The van der Waals surface area contributed by atoms with Crippen LogP contribution in [0.4, 0.5) is 13.2 Å². The number of aromatic nitrogens is 2. The molecular formula is C7H8F3N3OS. The quantitative estimate of drug-likeness (QED) is 0.800. The monoisotopic (exact) mass is 239 g/mol. The highest BCUT2D eigenvalue weighted by Crippen LogP contribution is 2.33. The summed E-state index contributed by atoms with van der Waals surface area (Å²) in [7, 11) is 0. The van der Waals surface area contributed by atoms with Crippen LogP contribution in [0.5, 0.6) is 0 Å². The Bertz CT molecular complexity index is 334. The highest BCUT2D eigenvalue weighted by Gasteiger charge is 2.36. The van der Waals surface area contributed by atoms with Crippen molar-refractivity contribution in [3.63, 3.8) is 0 Å². The molecule has 84 valence electrons. The molecule has 8 heteroatoms. The molecule has 0 saturated carbocycles. The minimum Gasteiger partial charge on any atom is -0.378 e. The number of ether oxygens (including phenoxy) is 1. The van der Waals surface area contributed by atoms with E-state index in [1.807, 2.05) is 0 Å². The first-order chi connectivity index (χ1) is 7.07. The lowest BCUT2D eigenvalue weighted by Crippen LogP contribution is -2.34. The van der Waals surface area contributed by atoms with Crippen molar-refractivity contribution in [3.05, 3.63) is 10.0 Å². The lowest BCUT2D eigenvalue weighted by atomic mass is 10.3. The minimum absolute atomic E-state index is 0.271. The third-order valence-electron chi connectivity index (χ3n) is 1.90. The summed E-state index contributed by atoms with van der Waals surface area (Å²) in [6.07, 6.45) is -4.41. The van der Waals surface area contributed by atoms with Gasteiger partial charge < -0.3 is 10.1 Å². The lowest BCUT2D eigenvalue weighted by molar-refractivity contribution is -0.138. The first-order valence-corrected chi connectivity index (χ1v) is 5.11. The molecular weight excluding hydrogens is 231 g/mol. The number of nitrogens with zero attached hydrogens (tertiary/aromatic N) is 2. The SMILES string of the molecule is FC(F)(F)c1nnc(C2COCCN2)s1. The molecule has 2 heterocycles. The Hall–Kier alpha value is -0.730. The molecule has 1 saturated heterocycles. The van der Waals surface area contributed by atoms with Gasteiger partial charge in [0.2, 0.25) is 5.01 Å². The zero-order chi connectivity index (χ0) is 10.9. The fraction of sp³-hybridized carbons (Fsp3) is 0.714. The van der Waals surface area contributed by atoms with Gasteiger partial charge in [-0.2, -0.15) is 13.2 Å². The molecule has 1 aliphatic rings. The van der Waals surface area contributed by atoms with Crippen molar-refractivity contribution in [3.8, 4) is 0 Å². The average Bonchev–Trinajstić information content (AvgIpc) is 2.67. The van der Waals surface area contributed by atoms with E-state index in [0.717, 1.165) is 0 Å². The molecule has 1 fully saturated rings. The molecule has 15 heavy (non-hydrogen) atoms. The van der Waals surface area contributed by atoms with Crippen LogP contribution in [-0.2, 0) is 10.9 Å². The van der Waals surface area contributed by atoms with Crippen LogP contribution in [0.3, 0.4) is 0 Å². The predicted octanol–water partition coefficient (Wildman–Crippen LogP) is 1.22. The van der Waals surface area contributed by atoms with Gasteiger partial charge in [-0.3, -0.25) is 0 Å². The van der Waals surface area contributed by atoms with Crippen LogP contribution in [0.25, 0.3) is 0 Å². The fourth-order valence-electron chi connectivity index (χ4n) is 1.21. The van der Waals surface area contributed by atoms with Gasteiger partial charge in [-0.1, -0.05) is 11.3 Å². The summed E-state index contributed by atoms with van der Waals surface area (Å²) in [5.74, 6) is 0. The van der Waals surface area contributed by atoms with Gasteiger partial charge in [0.1, 0.15) is 5.01 Å². The van der Waals surface area contributed by atoms with Crippen LogP contribution in [0.15, 0.2) is 0 Å². The first-order valence-electron chi connectivity index (χ1n) is 4.29. The van der Waals surface area contributed by atoms with Gasteiger partial charge in [0.25, 0.3) is 0 Å². The molecule has 4 nitrogen and oxygen atoms in total. The summed E-state index contributed by atoms with van der Waals surface area (Å²) in [5.41, 5.74) is 0. The summed E-state index contributed by atoms with van der Waals surface area (Å²) in [6, 6.07) is -0.271. The Morgan fingerprint density at radius 2 is 2.20 bits per heavy atom. The molecule has 1 atom stereocenters. The number of hydrogen-bond acceptors (Lipinski definition) is 5. The number of alkyl halides is 3. The Morgan fingerprint density at radius 1 is 1.40 bits per heavy atom. The van der Waals surface area contributed by atoms with Crippen LogP contribution < -0.4 is 5.32 Å². The lowest BCUT2D eigenvalue weighted by Gasteiger charge is -2.21. The second-order valence-electron chi connectivity index (χ2n) is 3.02. The third kappa shape index (κ3) is 2.44. The highest BCUT2D eigenvalue weighted by atomic mass is 32.1. The topological polar surface area (TPSA) is 47.0 Å². The van der Waals surface area contributed by atoms with E-state index in [1.165, 1.54) is 0 Å². The van der Waals surface area contributed by atoms with Gasteiger partial charge in [0.15, 0.2) is 0 Å². The van der Waals surface area contributed by atoms with E-state index in [1.54, 1.807) is 0 Å². The normalized spacial score (nSPS) is 23.0. The van der Waals surface area contributed by atoms with Crippen molar-refractivity contribution in [2.45, 2.75) is 12.2 Å². The molecule has 0 spiro atoms. The van der Waals surface area contributed by atoms with Gasteiger partial charge in [-0.25, -0.2) is 0 Å². The zero-order valence-electron chi connectivity index (χ0n) is 7.54. The molecule has 2 rings (SSSR count). The molecule has 1 aromatic heterocycles. The number of rotatable bonds is 1. The summed E-state index contributed by atoms with van der Waals surface area (Å²) in [6.45, 7) is 1.53. The van der Waals surface area contributed by atoms with Gasteiger partial charge in [0.05, 0.1) is 19.3 Å². The van der Waals surface area contributed by atoms with Crippen molar-refractivity contribution in [2.24, 2.45) is 0 Å². The standard InChI is InChI=1S/C7H8F3N3OS/c8-7(9,10)6-13-12-5(15-6)4-3-14-2-1-11-4/h4,11H,1-3H2. The van der Waals surface area contributed by atoms with Crippen LogP contribution in [0.1, 0.15) is 16.1 Å². The molecule has 0 bridgehead atoms. The first kappa shape index (κ1) is 10.8. The highest BCUT2D eigenvalue weighted by molar-refractivity contribution is 7.11. The van der Waals surface area contributed by atoms with Gasteiger partial charge >= 0.3 is 6.18 Å². The van der Waals surface area contributed by atoms with Crippen LogP contribution >= 0.6 is 11.3 Å². The fourth-order valence-corrected chi connectivity index (χ4v) is 1.98. The molecule has 1 N–H and O–H groups in total. The summed E-state index contributed by atoms with van der Waals surface area (Å²) >= 11 is 0.557. The summed E-state index contributed by atoms with van der Waals surface area (Å²) in [5, 5.41) is 9.05. The molecule has 1 aromatic rings. The molecule has 0 radical (unpaired) electrons. The van der Waals surface area contributed by atoms with Crippen molar-refractivity contribution in [1.29, 1.82) is 0 Å². The smallest absolute Gasteiger partial charge is 0.378 e. The van der Waals surface area contributed by atoms with Crippen molar-refractivity contribution < 1.29 is 17.9 Å². The summed E-state index contributed by atoms with van der Waals surface area (Å²) in [4.78, 5) is 0. The van der Waals surface area contributed by atoms with Crippen molar-refractivity contribution >= 4 is 11.3 Å². The average molecular weight is 239 g/mol. The number of morpholine rings is 1. The minimum atomic E-state index is -4.41. The van der Waals surface area contributed by atoms with Gasteiger partial charge in [-0.15, -0.1) is 10.2 Å². The molecule has 0 amide bonds. The second kappa shape index (κ2) is 4.03. The van der Waals surface area contributed by atoms with Crippen molar-refractivity contribution in [2.75, 3.05) is 19.8 Å². The largest absolute Gasteiger partial charge is 0.445 e. The van der Waals surface area contributed by atoms with Crippen molar-refractivity contribution in [1.82, 2.24) is 15.5 Å². The maximum atomic E-state index is 12.2. The predicted molar refractivity (Wildman–Crippen MR) is 46.5 cm³/mol. The maximum absolute atomic E-state index is 12.2. The van der Waals surface area contributed by atoms with E-state index in [9.17, 15) is 13.2 Å². The Kier molecular flexibility index (Phi) is 2.89. The van der Waals surface area contributed by atoms with E-state index in [4.69, 9.17) is 4.74 Å². The number of halogens is 3. The van der Waals surface area contributed by atoms with E-state index in [0.29, 0.717) is 36.1 Å². The molecule has 0 aliphatic carbocycles. The van der Waals surface area contributed by atoms with E-state index in [-0.39, 0.29) is 6.04 Å². The molecule has 1 aliphatic heterocycles. The zero-order valence-corrected chi connectivity index (χ0v) is 8.36. The van der Waals surface area contributed by atoms with Crippen LogP contribution in [-0.4, -0.2) is 30.0 Å². The Labute approximate surface area is 87.5 Å². The maximum Gasteiger partial charge on any atom is 0.445 e. The number of hydrogen-bond donors (Lipinski definition) is 1. The number of nitrogens with one attached hydrogen (secondary N) is 1. The second-order valence-corrected chi connectivity index (χ2v) is 4.03. The van der Waals surface area contributed by atoms with E-state index in [2.05, 4.69) is 15.5 Å². The molecule has 1 unspecified atom stereocenters.